The van der Waals surface area contributed by atoms with Crippen LogP contribution in [-0.4, -0.2) is 44.6 Å². The minimum atomic E-state index is -1.87. The van der Waals surface area contributed by atoms with Crippen molar-refractivity contribution in [3.8, 4) is 0 Å². The molecule has 4 atom stereocenters. The third kappa shape index (κ3) is 5.93. The minimum absolute atomic E-state index is 0.194. The second-order valence-electron chi connectivity index (χ2n) is 10.2. The van der Waals surface area contributed by atoms with Gasteiger partial charge in [-0.15, -0.1) is 0 Å². The molecule has 5 aromatic rings. The normalized spacial score (nSPS) is 22.3. The molecule has 8 heteroatoms. The van der Waals surface area contributed by atoms with Crippen molar-refractivity contribution in [3.63, 3.8) is 0 Å². The average Bonchev–Trinajstić information content (AvgIpc) is 3.57. The highest BCUT2D eigenvalue weighted by Crippen LogP contribution is 2.42. The van der Waals surface area contributed by atoms with Gasteiger partial charge in [0.15, 0.2) is 0 Å². The van der Waals surface area contributed by atoms with Gasteiger partial charge in [0.1, 0.15) is 30.3 Å². The van der Waals surface area contributed by atoms with E-state index in [2.05, 4.69) is 10.1 Å². The molecule has 0 amide bonds. The molecular weight excluding hydrogens is 518 g/mol. The lowest BCUT2D eigenvalue weighted by Crippen LogP contribution is -2.45. The Balaban J connectivity index is 1.33. The van der Waals surface area contributed by atoms with Gasteiger partial charge in [-0.05, 0) is 35.7 Å². The molecule has 8 nitrogen and oxygen atoms in total. The molecule has 1 aliphatic heterocycles. The molecular formula is C33H33N3O5. The van der Waals surface area contributed by atoms with Gasteiger partial charge in [0.2, 0.25) is 5.79 Å². The largest absolute Gasteiger partial charge is 0.374 e. The van der Waals surface area contributed by atoms with Crippen LogP contribution in [0.4, 0.5) is 0 Å². The van der Waals surface area contributed by atoms with E-state index in [0.717, 1.165) is 27.9 Å². The zero-order chi connectivity index (χ0) is 28.1. The van der Waals surface area contributed by atoms with Crippen LogP contribution in [0.1, 0.15) is 28.1 Å². The highest BCUT2D eigenvalue weighted by molar-refractivity contribution is 5.53. The number of hydrogen-bond donors (Lipinski definition) is 1. The van der Waals surface area contributed by atoms with E-state index in [9.17, 15) is 5.11 Å². The second-order valence-corrected chi connectivity index (χ2v) is 10.2. The van der Waals surface area contributed by atoms with Gasteiger partial charge in [-0.1, -0.05) is 91.0 Å². The molecule has 1 fully saturated rings. The Morgan fingerprint density at radius 3 is 2.00 bits per heavy atom. The molecule has 6 rings (SSSR count). The van der Waals surface area contributed by atoms with Gasteiger partial charge >= 0.3 is 0 Å². The second kappa shape index (κ2) is 12.3. The Morgan fingerprint density at radius 1 is 0.780 bits per heavy atom. The molecule has 210 valence electrons. The number of aryl methyl sites for hydroxylation is 1. The number of fused-ring (bicyclic) bond motifs is 1. The molecule has 1 saturated heterocycles. The molecule has 2 aromatic heterocycles. The van der Waals surface area contributed by atoms with Crippen LogP contribution in [0.5, 0.6) is 0 Å². The summed E-state index contributed by atoms with van der Waals surface area (Å²) >= 11 is 0. The maximum atomic E-state index is 12.4. The summed E-state index contributed by atoms with van der Waals surface area (Å²) < 4.78 is 27.2. The summed E-state index contributed by atoms with van der Waals surface area (Å²) in [5, 5.41) is 16.8. The van der Waals surface area contributed by atoms with Gasteiger partial charge in [-0.3, -0.25) is 0 Å². The fourth-order valence-corrected chi connectivity index (χ4v) is 5.24. The maximum absolute atomic E-state index is 12.4. The summed E-state index contributed by atoms with van der Waals surface area (Å²) in [5.74, 6) is -1.87. The summed E-state index contributed by atoms with van der Waals surface area (Å²) in [4.78, 5) is 4.30. The highest BCUT2D eigenvalue weighted by Gasteiger charge is 2.58. The van der Waals surface area contributed by atoms with Crippen molar-refractivity contribution in [1.29, 1.82) is 0 Å². The Morgan fingerprint density at radius 2 is 1.37 bits per heavy atom. The van der Waals surface area contributed by atoms with Crippen LogP contribution in [-0.2, 0) is 44.6 Å². The van der Waals surface area contributed by atoms with E-state index in [1.807, 2.05) is 104 Å². The van der Waals surface area contributed by atoms with E-state index < -0.39 is 24.1 Å². The quantitative estimate of drug-likeness (QED) is 0.248. The molecule has 3 heterocycles. The van der Waals surface area contributed by atoms with Crippen molar-refractivity contribution in [2.75, 3.05) is 6.61 Å². The number of ether oxygens (including phenoxy) is 4. The molecule has 0 radical (unpaired) electrons. The summed E-state index contributed by atoms with van der Waals surface area (Å²) in [6.45, 7) is 3.08. The lowest BCUT2D eigenvalue weighted by Gasteiger charge is -2.30. The summed E-state index contributed by atoms with van der Waals surface area (Å²) in [7, 11) is 0. The first-order valence-electron chi connectivity index (χ1n) is 13.7. The van der Waals surface area contributed by atoms with Gasteiger partial charge in [0.05, 0.1) is 37.6 Å². The van der Waals surface area contributed by atoms with Crippen LogP contribution in [0.25, 0.3) is 5.52 Å². The molecule has 0 spiro atoms. The van der Waals surface area contributed by atoms with Crippen LogP contribution in [0, 0.1) is 6.92 Å². The summed E-state index contributed by atoms with van der Waals surface area (Å²) in [6.07, 6.45) is -0.687. The predicted molar refractivity (Wildman–Crippen MR) is 153 cm³/mol. The first kappa shape index (κ1) is 27.3. The van der Waals surface area contributed by atoms with Crippen molar-refractivity contribution >= 4 is 5.52 Å². The summed E-state index contributed by atoms with van der Waals surface area (Å²) in [6, 6.07) is 33.4. The first-order valence-corrected chi connectivity index (χ1v) is 13.7. The molecule has 1 unspecified atom stereocenters. The zero-order valence-electron chi connectivity index (χ0n) is 22.9. The number of aliphatic hydroxyl groups is 1. The molecule has 0 bridgehead atoms. The van der Waals surface area contributed by atoms with Gasteiger partial charge in [0.25, 0.3) is 0 Å². The molecule has 41 heavy (non-hydrogen) atoms. The van der Waals surface area contributed by atoms with Crippen LogP contribution in [0.3, 0.4) is 0 Å². The standard InChI is InChI=1S/C33H33N3O5/c1-24-28-17-18-30(36(28)35-23-34-24)33(37)32(40-21-27-15-9-4-10-16-27)31(39-20-26-13-7-3-8-14-26)29(41-33)22-38-19-25-11-5-2-6-12-25/h2-18,23,29,31-32,37H,19-22H2,1H3/t29-,31-,32-,33?/m1/s1. The number of aromatic nitrogens is 3. The lowest BCUT2D eigenvalue weighted by molar-refractivity contribution is -0.256. The van der Waals surface area contributed by atoms with E-state index >= 15 is 0 Å². The SMILES string of the molecule is Cc1ncnn2c(C3(O)O[C@H](COCc4ccccc4)[C@@H](OCc4ccccc4)[C@H]3OCc3ccccc3)ccc12. The van der Waals surface area contributed by atoms with E-state index in [1.165, 1.54) is 6.33 Å². The number of rotatable bonds is 11. The maximum Gasteiger partial charge on any atom is 0.240 e. The Hall–Kier alpha value is -3.92. The van der Waals surface area contributed by atoms with E-state index in [4.69, 9.17) is 18.9 Å². The van der Waals surface area contributed by atoms with Crippen molar-refractivity contribution in [3.05, 3.63) is 138 Å². The van der Waals surface area contributed by atoms with Crippen molar-refractivity contribution in [1.82, 2.24) is 14.6 Å². The molecule has 3 aromatic carbocycles. The van der Waals surface area contributed by atoms with Crippen LogP contribution >= 0.6 is 0 Å². The Kier molecular flexibility index (Phi) is 8.18. The molecule has 1 N–H and O–H groups in total. The summed E-state index contributed by atoms with van der Waals surface area (Å²) in [5.41, 5.74) is 5.02. The van der Waals surface area contributed by atoms with Crippen molar-refractivity contribution < 1.29 is 24.1 Å². The van der Waals surface area contributed by atoms with E-state index in [0.29, 0.717) is 18.9 Å². The third-order valence-electron chi connectivity index (χ3n) is 7.34. The Labute approximate surface area is 239 Å². The fourth-order valence-electron chi connectivity index (χ4n) is 5.24. The first-order chi connectivity index (χ1) is 20.1. The zero-order valence-corrected chi connectivity index (χ0v) is 22.9. The minimum Gasteiger partial charge on any atom is -0.374 e. The van der Waals surface area contributed by atoms with Gasteiger partial charge in [0, 0.05) is 0 Å². The fraction of sp³-hybridized carbons (Fsp3) is 0.273. The number of hydrogen-bond acceptors (Lipinski definition) is 7. The monoisotopic (exact) mass is 551 g/mol. The van der Waals surface area contributed by atoms with Crippen LogP contribution in [0.15, 0.2) is 109 Å². The Bertz CT molecular complexity index is 1550. The predicted octanol–water partition coefficient (Wildman–Crippen LogP) is 4.97. The van der Waals surface area contributed by atoms with Gasteiger partial charge < -0.3 is 24.1 Å². The topological polar surface area (TPSA) is 87.3 Å². The van der Waals surface area contributed by atoms with Crippen LogP contribution < -0.4 is 0 Å². The van der Waals surface area contributed by atoms with Gasteiger partial charge in [-0.2, -0.15) is 5.10 Å². The number of benzene rings is 3. The van der Waals surface area contributed by atoms with Crippen molar-refractivity contribution in [2.24, 2.45) is 0 Å². The molecule has 0 aliphatic carbocycles. The van der Waals surface area contributed by atoms with E-state index in [1.54, 1.807) is 10.6 Å². The van der Waals surface area contributed by atoms with Crippen LogP contribution in [0.2, 0.25) is 0 Å². The third-order valence-corrected chi connectivity index (χ3v) is 7.34. The lowest BCUT2D eigenvalue weighted by atomic mass is 10.0. The number of nitrogens with zero attached hydrogens (tertiary/aromatic N) is 3. The van der Waals surface area contributed by atoms with E-state index in [-0.39, 0.29) is 13.2 Å². The average molecular weight is 552 g/mol. The van der Waals surface area contributed by atoms with Gasteiger partial charge in [-0.25, -0.2) is 9.50 Å². The highest BCUT2D eigenvalue weighted by atomic mass is 16.7. The van der Waals surface area contributed by atoms with Crippen molar-refractivity contribution in [2.45, 2.75) is 50.8 Å². The molecule has 1 aliphatic rings. The smallest absolute Gasteiger partial charge is 0.240 e. The molecule has 0 saturated carbocycles.